The van der Waals surface area contributed by atoms with Gasteiger partial charge in [0.15, 0.2) is 0 Å². The zero-order valence-electron chi connectivity index (χ0n) is 11.2. The number of rotatable bonds is 5. The van der Waals surface area contributed by atoms with Crippen LogP contribution in [-0.2, 0) is 0 Å². The fraction of sp³-hybridized carbons (Fsp3) is 0.615. The maximum atomic E-state index is 11.1. The highest BCUT2D eigenvalue weighted by Crippen LogP contribution is 2.32. The second-order valence-corrected chi connectivity index (χ2v) is 4.86. The topological polar surface area (TPSA) is 71.3 Å². The monoisotopic (exact) mass is 264 g/mol. The third-order valence-corrected chi connectivity index (χ3v) is 3.64. The molecule has 1 saturated heterocycles. The highest BCUT2D eigenvalue weighted by atomic mass is 16.6. The van der Waals surface area contributed by atoms with E-state index in [9.17, 15) is 10.1 Å². The highest BCUT2D eigenvalue weighted by Gasteiger charge is 2.27. The van der Waals surface area contributed by atoms with Crippen molar-refractivity contribution in [2.75, 3.05) is 25.0 Å². The minimum absolute atomic E-state index is 0.110. The predicted molar refractivity (Wildman–Crippen MR) is 74.4 cm³/mol. The Morgan fingerprint density at radius 1 is 1.58 bits per heavy atom. The number of hydrogen-bond donors (Lipinski definition) is 1. The molecule has 1 aromatic rings. The first-order valence-electron chi connectivity index (χ1n) is 6.73. The second kappa shape index (κ2) is 6.47. The van der Waals surface area contributed by atoms with Gasteiger partial charge in [-0.15, -0.1) is 0 Å². The molecule has 1 aliphatic rings. The van der Waals surface area contributed by atoms with Gasteiger partial charge in [0, 0.05) is 18.8 Å². The molecule has 1 unspecified atom stereocenters. The van der Waals surface area contributed by atoms with E-state index < -0.39 is 0 Å². The van der Waals surface area contributed by atoms with Gasteiger partial charge in [-0.1, -0.05) is 0 Å². The van der Waals surface area contributed by atoms with Crippen LogP contribution in [0.25, 0.3) is 0 Å². The van der Waals surface area contributed by atoms with E-state index in [2.05, 4.69) is 15.2 Å². The molecule has 0 saturated carbocycles. The standard InChI is InChI=1S/C13H20N4O2/c1-14-7-5-11-4-2-3-9-16(11)12-6-8-15-10-13(12)17(18)19/h6,8,10-11,14H,2-5,7,9H2,1H3. The average Bonchev–Trinajstić information content (AvgIpc) is 2.45. The van der Waals surface area contributed by atoms with Crippen LogP contribution < -0.4 is 10.2 Å². The Bertz CT molecular complexity index is 438. The number of aromatic nitrogens is 1. The zero-order chi connectivity index (χ0) is 13.7. The second-order valence-electron chi connectivity index (χ2n) is 4.86. The molecule has 0 radical (unpaired) electrons. The Morgan fingerprint density at radius 3 is 3.16 bits per heavy atom. The van der Waals surface area contributed by atoms with E-state index in [-0.39, 0.29) is 10.6 Å². The zero-order valence-corrected chi connectivity index (χ0v) is 11.2. The molecule has 0 bridgehead atoms. The molecule has 1 aromatic heterocycles. The molecule has 0 aliphatic carbocycles. The van der Waals surface area contributed by atoms with Gasteiger partial charge in [0.25, 0.3) is 0 Å². The lowest BCUT2D eigenvalue weighted by molar-refractivity contribution is -0.384. The number of hydrogen-bond acceptors (Lipinski definition) is 5. The number of pyridine rings is 1. The fourth-order valence-electron chi connectivity index (χ4n) is 2.69. The van der Waals surface area contributed by atoms with Crippen molar-refractivity contribution >= 4 is 11.4 Å². The third kappa shape index (κ3) is 3.20. The number of nitro groups is 1. The summed E-state index contributed by atoms with van der Waals surface area (Å²) in [7, 11) is 1.93. The first kappa shape index (κ1) is 13.7. The smallest absolute Gasteiger partial charge is 0.310 e. The minimum Gasteiger partial charge on any atom is -0.363 e. The molecule has 1 N–H and O–H groups in total. The number of nitrogens with one attached hydrogen (secondary N) is 1. The molecule has 19 heavy (non-hydrogen) atoms. The summed E-state index contributed by atoms with van der Waals surface area (Å²) in [5, 5.41) is 14.3. The van der Waals surface area contributed by atoms with Crippen molar-refractivity contribution < 1.29 is 4.92 Å². The van der Waals surface area contributed by atoms with Crippen LogP contribution >= 0.6 is 0 Å². The summed E-state index contributed by atoms with van der Waals surface area (Å²) in [5.41, 5.74) is 0.819. The van der Waals surface area contributed by atoms with Crippen molar-refractivity contribution in [2.45, 2.75) is 31.7 Å². The van der Waals surface area contributed by atoms with Gasteiger partial charge in [0.1, 0.15) is 11.9 Å². The summed E-state index contributed by atoms with van der Waals surface area (Å²) in [6.07, 6.45) is 7.38. The van der Waals surface area contributed by atoms with Gasteiger partial charge in [0.2, 0.25) is 0 Å². The summed E-state index contributed by atoms with van der Waals surface area (Å²) in [4.78, 5) is 16.8. The van der Waals surface area contributed by atoms with Gasteiger partial charge in [-0.3, -0.25) is 15.1 Å². The first-order valence-corrected chi connectivity index (χ1v) is 6.73. The SMILES string of the molecule is CNCCC1CCCCN1c1ccncc1[N+](=O)[O-]. The lowest BCUT2D eigenvalue weighted by Gasteiger charge is -2.37. The summed E-state index contributed by atoms with van der Waals surface area (Å²) in [6.45, 7) is 1.82. The van der Waals surface area contributed by atoms with E-state index in [1.54, 1.807) is 12.3 Å². The lowest BCUT2D eigenvalue weighted by atomic mass is 9.98. The molecule has 104 valence electrons. The van der Waals surface area contributed by atoms with E-state index in [1.807, 2.05) is 7.05 Å². The summed E-state index contributed by atoms with van der Waals surface area (Å²) in [5.74, 6) is 0. The van der Waals surface area contributed by atoms with Crippen molar-refractivity contribution in [3.8, 4) is 0 Å². The fourth-order valence-corrected chi connectivity index (χ4v) is 2.69. The number of piperidine rings is 1. The van der Waals surface area contributed by atoms with Gasteiger partial charge >= 0.3 is 5.69 Å². The van der Waals surface area contributed by atoms with Gasteiger partial charge in [-0.25, -0.2) is 0 Å². The van der Waals surface area contributed by atoms with Crippen molar-refractivity contribution in [1.29, 1.82) is 0 Å². The molecule has 0 spiro atoms. The first-order chi connectivity index (χ1) is 9.24. The maximum absolute atomic E-state index is 11.1. The van der Waals surface area contributed by atoms with Crippen LogP contribution in [0.1, 0.15) is 25.7 Å². The summed E-state index contributed by atoms with van der Waals surface area (Å²) >= 11 is 0. The lowest BCUT2D eigenvalue weighted by Crippen LogP contribution is -2.41. The Labute approximate surface area is 113 Å². The molecule has 6 nitrogen and oxygen atoms in total. The van der Waals surface area contributed by atoms with E-state index >= 15 is 0 Å². The van der Waals surface area contributed by atoms with Crippen molar-refractivity contribution in [3.63, 3.8) is 0 Å². The van der Waals surface area contributed by atoms with Crippen LogP contribution in [0.3, 0.4) is 0 Å². The predicted octanol–water partition coefficient (Wildman–Crippen LogP) is 1.96. The van der Waals surface area contributed by atoms with E-state index in [1.165, 1.54) is 12.6 Å². The molecular weight excluding hydrogens is 244 g/mol. The van der Waals surface area contributed by atoms with Crippen LogP contribution in [0.2, 0.25) is 0 Å². The van der Waals surface area contributed by atoms with E-state index in [0.29, 0.717) is 11.7 Å². The highest BCUT2D eigenvalue weighted by molar-refractivity contribution is 5.62. The quantitative estimate of drug-likeness (QED) is 0.650. The van der Waals surface area contributed by atoms with E-state index in [0.717, 1.165) is 32.4 Å². The van der Waals surface area contributed by atoms with Gasteiger partial charge in [-0.05, 0) is 45.3 Å². The maximum Gasteiger partial charge on any atom is 0.310 e. The molecule has 2 rings (SSSR count). The molecule has 2 heterocycles. The van der Waals surface area contributed by atoms with Crippen LogP contribution in [0, 0.1) is 10.1 Å². The Kier molecular flexibility index (Phi) is 4.68. The van der Waals surface area contributed by atoms with Crippen LogP contribution in [0.4, 0.5) is 11.4 Å². The van der Waals surface area contributed by atoms with Crippen molar-refractivity contribution in [3.05, 3.63) is 28.6 Å². The molecule has 6 heteroatoms. The van der Waals surface area contributed by atoms with Crippen molar-refractivity contribution in [1.82, 2.24) is 10.3 Å². The molecular formula is C13H20N4O2. The molecule has 1 aliphatic heterocycles. The van der Waals surface area contributed by atoms with Crippen LogP contribution in [0.5, 0.6) is 0 Å². The van der Waals surface area contributed by atoms with Gasteiger partial charge < -0.3 is 10.2 Å². The Hall–Kier alpha value is -1.69. The minimum atomic E-state index is -0.341. The summed E-state index contributed by atoms with van der Waals surface area (Å²) in [6, 6.07) is 2.14. The molecule has 1 atom stereocenters. The van der Waals surface area contributed by atoms with Crippen LogP contribution in [-0.4, -0.2) is 36.1 Å². The normalized spacial score (nSPS) is 19.4. The Balaban J connectivity index is 2.24. The number of nitrogens with zero attached hydrogens (tertiary/aromatic N) is 3. The molecule has 0 aromatic carbocycles. The summed E-state index contributed by atoms with van der Waals surface area (Å²) < 4.78 is 0. The van der Waals surface area contributed by atoms with Crippen LogP contribution in [0.15, 0.2) is 18.5 Å². The Morgan fingerprint density at radius 2 is 2.42 bits per heavy atom. The molecule has 0 amide bonds. The largest absolute Gasteiger partial charge is 0.363 e. The average molecular weight is 264 g/mol. The molecule has 1 fully saturated rings. The third-order valence-electron chi connectivity index (χ3n) is 3.64. The van der Waals surface area contributed by atoms with Gasteiger partial charge in [-0.2, -0.15) is 0 Å². The van der Waals surface area contributed by atoms with E-state index in [4.69, 9.17) is 0 Å². The number of anilines is 1. The van der Waals surface area contributed by atoms with Crippen molar-refractivity contribution in [2.24, 2.45) is 0 Å². The van der Waals surface area contributed by atoms with Gasteiger partial charge in [0.05, 0.1) is 4.92 Å².